The average molecular weight is 330 g/mol. The molecule has 1 N–H and O–H groups in total. The molecule has 0 saturated carbocycles. The van der Waals surface area contributed by atoms with Gasteiger partial charge in [-0.1, -0.05) is 12.1 Å². The molecule has 0 unspecified atom stereocenters. The summed E-state index contributed by atoms with van der Waals surface area (Å²) in [7, 11) is 2.09. The molecule has 0 amide bonds. The van der Waals surface area contributed by atoms with Gasteiger partial charge in [0.25, 0.3) is 0 Å². The lowest BCUT2D eigenvalue weighted by atomic mass is 10.2. The van der Waals surface area contributed by atoms with Gasteiger partial charge in [0.1, 0.15) is 5.82 Å². The normalized spacial score (nSPS) is 22.3. The SMILES string of the molecule is C[C@@H]1CN(CCCCNCc2nc3ccccc3n2C)C[C@H](C)O1. The van der Waals surface area contributed by atoms with Crippen LogP contribution in [-0.2, 0) is 18.3 Å². The molecule has 0 aliphatic carbocycles. The van der Waals surface area contributed by atoms with Gasteiger partial charge in [0.15, 0.2) is 0 Å². The molecule has 3 rings (SSSR count). The van der Waals surface area contributed by atoms with Crippen molar-refractivity contribution in [1.29, 1.82) is 0 Å². The number of nitrogens with zero attached hydrogens (tertiary/aromatic N) is 3. The average Bonchev–Trinajstić information content (AvgIpc) is 2.86. The molecule has 0 radical (unpaired) electrons. The molecule has 2 atom stereocenters. The summed E-state index contributed by atoms with van der Waals surface area (Å²) in [6.07, 6.45) is 3.16. The first-order valence-electron chi connectivity index (χ1n) is 9.12. The van der Waals surface area contributed by atoms with Gasteiger partial charge in [0.05, 0.1) is 29.8 Å². The number of aromatic nitrogens is 2. The second kappa shape index (κ2) is 8.10. The number of morpholine rings is 1. The lowest BCUT2D eigenvalue weighted by Crippen LogP contribution is -2.45. The predicted molar refractivity (Wildman–Crippen MR) is 98.1 cm³/mol. The van der Waals surface area contributed by atoms with E-state index in [1.807, 2.05) is 6.07 Å². The first kappa shape index (κ1) is 17.4. The highest BCUT2D eigenvalue weighted by atomic mass is 16.5. The Hall–Kier alpha value is -1.43. The van der Waals surface area contributed by atoms with E-state index in [0.29, 0.717) is 12.2 Å². The monoisotopic (exact) mass is 330 g/mol. The van der Waals surface area contributed by atoms with Crippen LogP contribution in [0.3, 0.4) is 0 Å². The van der Waals surface area contributed by atoms with E-state index in [0.717, 1.165) is 37.5 Å². The van der Waals surface area contributed by atoms with E-state index in [4.69, 9.17) is 9.72 Å². The quantitative estimate of drug-likeness (QED) is 0.792. The highest BCUT2D eigenvalue weighted by Crippen LogP contribution is 2.14. The summed E-state index contributed by atoms with van der Waals surface area (Å²) in [5.41, 5.74) is 2.28. The van der Waals surface area contributed by atoms with Crippen molar-refractivity contribution in [2.24, 2.45) is 7.05 Å². The van der Waals surface area contributed by atoms with Gasteiger partial charge in [-0.15, -0.1) is 0 Å². The molecule has 0 spiro atoms. The lowest BCUT2D eigenvalue weighted by molar-refractivity contribution is -0.0681. The molecule has 5 nitrogen and oxygen atoms in total. The number of aryl methyl sites for hydroxylation is 1. The number of nitrogens with one attached hydrogen (secondary N) is 1. The third kappa shape index (κ3) is 4.35. The third-order valence-electron chi connectivity index (χ3n) is 4.74. The molecule has 1 aliphatic rings. The fourth-order valence-corrected chi connectivity index (χ4v) is 3.61. The van der Waals surface area contributed by atoms with Gasteiger partial charge >= 0.3 is 0 Å². The highest BCUT2D eigenvalue weighted by molar-refractivity contribution is 5.75. The van der Waals surface area contributed by atoms with E-state index in [1.54, 1.807) is 0 Å². The number of ether oxygens (including phenoxy) is 1. The number of fused-ring (bicyclic) bond motifs is 1. The van der Waals surface area contributed by atoms with Crippen molar-refractivity contribution >= 4 is 11.0 Å². The van der Waals surface area contributed by atoms with Crippen molar-refractivity contribution in [3.05, 3.63) is 30.1 Å². The number of hydrogen-bond acceptors (Lipinski definition) is 4. The van der Waals surface area contributed by atoms with Crippen molar-refractivity contribution in [2.75, 3.05) is 26.2 Å². The molecule has 2 heterocycles. The minimum Gasteiger partial charge on any atom is -0.373 e. The second-order valence-corrected chi connectivity index (χ2v) is 6.98. The Kier molecular flexibility index (Phi) is 5.87. The zero-order valence-electron chi connectivity index (χ0n) is 15.2. The fourth-order valence-electron chi connectivity index (χ4n) is 3.61. The van der Waals surface area contributed by atoms with Crippen LogP contribution in [0.5, 0.6) is 0 Å². The summed E-state index contributed by atoms with van der Waals surface area (Å²) in [5, 5.41) is 3.53. The molecule has 1 aliphatic heterocycles. The first-order valence-corrected chi connectivity index (χ1v) is 9.12. The minimum absolute atomic E-state index is 0.365. The molecule has 0 bridgehead atoms. The van der Waals surface area contributed by atoms with Crippen LogP contribution >= 0.6 is 0 Å². The number of rotatable bonds is 7. The van der Waals surface area contributed by atoms with Crippen molar-refractivity contribution in [1.82, 2.24) is 19.8 Å². The minimum atomic E-state index is 0.365. The number of para-hydroxylation sites is 2. The number of benzene rings is 1. The Morgan fingerprint density at radius 2 is 1.92 bits per heavy atom. The van der Waals surface area contributed by atoms with Crippen LogP contribution in [0.2, 0.25) is 0 Å². The topological polar surface area (TPSA) is 42.3 Å². The van der Waals surface area contributed by atoms with Crippen LogP contribution in [0.1, 0.15) is 32.5 Å². The summed E-state index contributed by atoms with van der Waals surface area (Å²) in [6.45, 7) is 9.51. The van der Waals surface area contributed by atoms with Crippen molar-refractivity contribution in [2.45, 2.75) is 45.4 Å². The van der Waals surface area contributed by atoms with Gasteiger partial charge in [0.2, 0.25) is 0 Å². The molecule has 1 aromatic heterocycles. The largest absolute Gasteiger partial charge is 0.373 e. The predicted octanol–water partition coefficient (Wildman–Crippen LogP) is 2.55. The molecule has 5 heteroatoms. The zero-order chi connectivity index (χ0) is 16.9. The van der Waals surface area contributed by atoms with E-state index in [-0.39, 0.29) is 0 Å². The Balaban J connectivity index is 1.36. The fraction of sp³-hybridized carbons (Fsp3) is 0.632. The van der Waals surface area contributed by atoms with Gasteiger partial charge in [-0.05, 0) is 51.9 Å². The van der Waals surface area contributed by atoms with Crippen LogP contribution in [0, 0.1) is 0 Å². The molecule has 1 aromatic carbocycles. The second-order valence-electron chi connectivity index (χ2n) is 6.98. The Morgan fingerprint density at radius 3 is 2.67 bits per heavy atom. The smallest absolute Gasteiger partial charge is 0.123 e. The number of unbranched alkanes of at least 4 members (excludes halogenated alkanes) is 1. The van der Waals surface area contributed by atoms with E-state index < -0.39 is 0 Å². The molecular formula is C19H30N4O. The van der Waals surface area contributed by atoms with E-state index in [9.17, 15) is 0 Å². The van der Waals surface area contributed by atoms with Crippen LogP contribution in [0.25, 0.3) is 11.0 Å². The lowest BCUT2D eigenvalue weighted by Gasteiger charge is -2.35. The molecule has 132 valence electrons. The zero-order valence-corrected chi connectivity index (χ0v) is 15.2. The van der Waals surface area contributed by atoms with Gasteiger partial charge < -0.3 is 14.6 Å². The van der Waals surface area contributed by atoms with Gasteiger partial charge in [-0.25, -0.2) is 4.98 Å². The Labute approximate surface area is 145 Å². The van der Waals surface area contributed by atoms with Crippen molar-refractivity contribution in [3.63, 3.8) is 0 Å². The summed E-state index contributed by atoms with van der Waals surface area (Å²) in [5.74, 6) is 1.10. The van der Waals surface area contributed by atoms with Crippen LogP contribution in [-0.4, -0.2) is 52.8 Å². The molecule has 24 heavy (non-hydrogen) atoms. The van der Waals surface area contributed by atoms with Gasteiger partial charge in [-0.3, -0.25) is 4.90 Å². The number of imidazole rings is 1. The van der Waals surface area contributed by atoms with E-state index in [2.05, 4.69) is 53.9 Å². The maximum atomic E-state index is 5.78. The van der Waals surface area contributed by atoms with Crippen LogP contribution in [0.4, 0.5) is 0 Å². The summed E-state index contributed by atoms with van der Waals surface area (Å²) < 4.78 is 7.96. The standard InChI is InChI=1S/C19H30N4O/c1-15-13-23(14-16(2)24-15)11-7-6-10-20-12-19-21-17-8-4-5-9-18(17)22(19)3/h4-5,8-9,15-16,20H,6-7,10-14H2,1-3H3/t15-,16+. The first-order chi connectivity index (χ1) is 11.6. The third-order valence-corrected chi connectivity index (χ3v) is 4.74. The van der Waals surface area contributed by atoms with Crippen LogP contribution < -0.4 is 5.32 Å². The maximum absolute atomic E-state index is 5.78. The van der Waals surface area contributed by atoms with E-state index >= 15 is 0 Å². The van der Waals surface area contributed by atoms with Crippen molar-refractivity contribution in [3.8, 4) is 0 Å². The van der Waals surface area contributed by atoms with Crippen molar-refractivity contribution < 1.29 is 4.74 Å². The molecule has 1 saturated heterocycles. The molecular weight excluding hydrogens is 300 g/mol. The Morgan fingerprint density at radius 1 is 1.17 bits per heavy atom. The Bertz CT molecular complexity index is 644. The molecule has 2 aromatic rings. The van der Waals surface area contributed by atoms with Gasteiger partial charge in [0, 0.05) is 20.1 Å². The number of hydrogen-bond donors (Lipinski definition) is 1. The highest BCUT2D eigenvalue weighted by Gasteiger charge is 2.21. The summed E-state index contributed by atoms with van der Waals surface area (Å²) >= 11 is 0. The van der Waals surface area contributed by atoms with Gasteiger partial charge in [-0.2, -0.15) is 0 Å². The summed E-state index contributed by atoms with van der Waals surface area (Å²) in [6, 6.07) is 8.30. The van der Waals surface area contributed by atoms with Crippen LogP contribution in [0.15, 0.2) is 24.3 Å². The maximum Gasteiger partial charge on any atom is 0.123 e. The van der Waals surface area contributed by atoms with E-state index in [1.165, 1.54) is 24.9 Å². The summed E-state index contributed by atoms with van der Waals surface area (Å²) in [4.78, 5) is 7.23. The molecule has 1 fully saturated rings.